The Hall–Kier alpha value is -2.20. The molecule has 1 N–H and O–H groups in total. The van der Waals surface area contributed by atoms with E-state index in [1.54, 1.807) is 0 Å². The van der Waals surface area contributed by atoms with Crippen LogP contribution in [0.5, 0.6) is 0 Å². The first-order chi connectivity index (χ1) is 12.9. The van der Waals surface area contributed by atoms with Crippen molar-refractivity contribution in [3.63, 3.8) is 0 Å². The molecule has 0 saturated heterocycles. The van der Waals surface area contributed by atoms with Crippen LogP contribution in [-0.4, -0.2) is 30.2 Å². The number of rotatable bonds is 7. The first kappa shape index (κ1) is 19.6. The number of benzene rings is 1. The summed E-state index contributed by atoms with van der Waals surface area (Å²) in [5.74, 6) is 1.97. The molecule has 0 aromatic heterocycles. The van der Waals surface area contributed by atoms with Crippen LogP contribution in [0, 0.1) is 12.3 Å². The first-order valence-corrected chi connectivity index (χ1v) is 9.75. The van der Waals surface area contributed by atoms with Gasteiger partial charge in [0, 0.05) is 36.6 Å². The van der Waals surface area contributed by atoms with Gasteiger partial charge in [0.15, 0.2) is 5.66 Å². The molecule has 1 unspecified atom stereocenters. The fourth-order valence-electron chi connectivity index (χ4n) is 3.60. The molecule has 0 bridgehead atoms. The summed E-state index contributed by atoms with van der Waals surface area (Å²) < 4.78 is 6.03. The zero-order chi connectivity index (χ0) is 19.5. The lowest BCUT2D eigenvalue weighted by atomic mass is 9.77. The molecule has 1 atom stereocenters. The van der Waals surface area contributed by atoms with E-state index >= 15 is 0 Å². The number of fused-ring (bicyclic) bond motifs is 1. The number of nitrogens with one attached hydrogen (secondary N) is 1. The number of amides is 1. The number of methoxy groups -OCH3 is 1. The molecule has 0 fully saturated rings. The highest BCUT2D eigenvalue weighted by Gasteiger charge is 2.45. The minimum atomic E-state index is -1.03. The number of esters is 1. The SMILES string of the molecule is C#CCCC1(CCC(=O)NC2(C(=O)OC)CCc3cc(Br)ccc3C2)N=N1. The van der Waals surface area contributed by atoms with Crippen LogP contribution < -0.4 is 5.32 Å². The number of ether oxygens (including phenoxy) is 1. The highest BCUT2D eigenvalue weighted by Crippen LogP contribution is 2.38. The van der Waals surface area contributed by atoms with Gasteiger partial charge in [-0.1, -0.05) is 22.0 Å². The monoisotopic (exact) mass is 431 g/mol. The zero-order valence-corrected chi connectivity index (χ0v) is 16.8. The third-order valence-corrected chi connectivity index (χ3v) is 5.73. The Labute approximate surface area is 167 Å². The molecule has 2 aliphatic rings. The zero-order valence-electron chi connectivity index (χ0n) is 15.3. The number of nitrogens with zero attached hydrogens (tertiary/aromatic N) is 2. The lowest BCUT2D eigenvalue weighted by molar-refractivity contribution is -0.151. The van der Waals surface area contributed by atoms with Crippen LogP contribution >= 0.6 is 15.9 Å². The van der Waals surface area contributed by atoms with Crippen LogP contribution in [0.1, 0.15) is 43.2 Å². The van der Waals surface area contributed by atoms with Crippen molar-refractivity contribution in [2.24, 2.45) is 10.2 Å². The summed E-state index contributed by atoms with van der Waals surface area (Å²) in [5.41, 5.74) is 0.694. The van der Waals surface area contributed by atoms with E-state index in [-0.39, 0.29) is 12.3 Å². The summed E-state index contributed by atoms with van der Waals surface area (Å²) in [7, 11) is 1.35. The summed E-state index contributed by atoms with van der Waals surface area (Å²) in [6.07, 6.45) is 8.88. The summed E-state index contributed by atoms with van der Waals surface area (Å²) in [6, 6.07) is 5.99. The highest BCUT2D eigenvalue weighted by molar-refractivity contribution is 9.10. The molecule has 0 spiro atoms. The van der Waals surface area contributed by atoms with E-state index in [9.17, 15) is 9.59 Å². The van der Waals surface area contributed by atoms with Crippen LogP contribution in [0.15, 0.2) is 32.9 Å². The highest BCUT2D eigenvalue weighted by atomic mass is 79.9. The molecule has 1 aliphatic heterocycles. The number of carbonyl (C=O) groups excluding carboxylic acids is 2. The van der Waals surface area contributed by atoms with Gasteiger partial charge in [0.05, 0.1) is 7.11 Å². The number of hydrogen-bond acceptors (Lipinski definition) is 5. The van der Waals surface area contributed by atoms with Crippen LogP contribution in [0.3, 0.4) is 0 Å². The van der Waals surface area contributed by atoms with Crippen LogP contribution in [0.2, 0.25) is 0 Å². The van der Waals surface area contributed by atoms with E-state index in [0.29, 0.717) is 38.5 Å². The second-order valence-corrected chi connectivity index (χ2v) is 8.01. The van der Waals surface area contributed by atoms with Crippen LogP contribution in [0.25, 0.3) is 0 Å². The molecule has 6 nitrogen and oxygen atoms in total. The van der Waals surface area contributed by atoms with Crippen molar-refractivity contribution in [3.05, 3.63) is 33.8 Å². The van der Waals surface area contributed by atoms with Crippen molar-refractivity contribution in [2.75, 3.05) is 7.11 Å². The Morgan fingerprint density at radius 1 is 1.33 bits per heavy atom. The topological polar surface area (TPSA) is 80.1 Å². The Morgan fingerprint density at radius 3 is 2.78 bits per heavy atom. The Kier molecular flexibility index (Phi) is 5.66. The molecule has 3 rings (SSSR count). The van der Waals surface area contributed by atoms with Crippen LogP contribution in [-0.2, 0) is 27.2 Å². The molecule has 0 radical (unpaired) electrons. The lowest BCUT2D eigenvalue weighted by Gasteiger charge is -2.36. The predicted octanol–water partition coefficient (Wildman–Crippen LogP) is 3.32. The third kappa shape index (κ3) is 4.38. The number of aryl methyl sites for hydroxylation is 1. The quantitative estimate of drug-likeness (QED) is 0.530. The van der Waals surface area contributed by atoms with E-state index in [0.717, 1.165) is 10.0 Å². The first-order valence-electron chi connectivity index (χ1n) is 8.96. The van der Waals surface area contributed by atoms with Gasteiger partial charge < -0.3 is 10.1 Å². The molecule has 1 aromatic rings. The normalized spacial score (nSPS) is 21.7. The van der Waals surface area contributed by atoms with Gasteiger partial charge in [-0.05, 0) is 36.1 Å². The number of halogens is 1. The van der Waals surface area contributed by atoms with E-state index in [1.807, 2.05) is 12.1 Å². The molecule has 1 aromatic carbocycles. The van der Waals surface area contributed by atoms with Crippen molar-refractivity contribution in [1.82, 2.24) is 5.32 Å². The van der Waals surface area contributed by atoms with Crippen molar-refractivity contribution in [3.8, 4) is 12.3 Å². The van der Waals surface area contributed by atoms with Crippen molar-refractivity contribution >= 4 is 27.8 Å². The summed E-state index contributed by atoms with van der Waals surface area (Å²) in [4.78, 5) is 25.2. The van der Waals surface area contributed by atoms with Gasteiger partial charge in [0.25, 0.3) is 0 Å². The minimum absolute atomic E-state index is 0.196. The molecule has 142 valence electrons. The van der Waals surface area contributed by atoms with E-state index < -0.39 is 17.2 Å². The fourth-order valence-corrected chi connectivity index (χ4v) is 4.01. The van der Waals surface area contributed by atoms with E-state index in [4.69, 9.17) is 11.2 Å². The second-order valence-electron chi connectivity index (χ2n) is 7.10. The molecule has 27 heavy (non-hydrogen) atoms. The molecule has 0 saturated carbocycles. The van der Waals surface area contributed by atoms with Gasteiger partial charge in [-0.15, -0.1) is 12.3 Å². The van der Waals surface area contributed by atoms with Crippen molar-refractivity contribution < 1.29 is 14.3 Å². The smallest absolute Gasteiger partial charge is 0.331 e. The van der Waals surface area contributed by atoms with Gasteiger partial charge >= 0.3 is 5.97 Å². The third-order valence-electron chi connectivity index (χ3n) is 5.24. The van der Waals surface area contributed by atoms with Gasteiger partial charge in [-0.3, -0.25) is 4.79 Å². The minimum Gasteiger partial charge on any atom is -0.467 e. The maximum absolute atomic E-state index is 12.6. The average Bonchev–Trinajstić information content (AvgIpc) is 3.44. The van der Waals surface area contributed by atoms with Gasteiger partial charge in [-0.25, -0.2) is 4.79 Å². The van der Waals surface area contributed by atoms with E-state index in [1.165, 1.54) is 12.7 Å². The maximum Gasteiger partial charge on any atom is 0.331 e. The van der Waals surface area contributed by atoms with Gasteiger partial charge in [0.1, 0.15) is 5.54 Å². The maximum atomic E-state index is 12.6. The molecular weight excluding hydrogens is 410 g/mol. The lowest BCUT2D eigenvalue weighted by Crippen LogP contribution is -2.58. The fraction of sp³-hybridized carbons (Fsp3) is 0.500. The van der Waals surface area contributed by atoms with Crippen molar-refractivity contribution in [1.29, 1.82) is 0 Å². The molecular formula is C20H22BrN3O3. The molecule has 1 amide bonds. The number of terminal acetylenes is 1. The Balaban J connectivity index is 1.67. The summed E-state index contributed by atoms with van der Waals surface area (Å²) >= 11 is 3.47. The van der Waals surface area contributed by atoms with E-state index in [2.05, 4.69) is 43.5 Å². The number of carbonyl (C=O) groups is 2. The Morgan fingerprint density at radius 2 is 2.11 bits per heavy atom. The van der Waals surface area contributed by atoms with Gasteiger partial charge in [0.2, 0.25) is 5.91 Å². The summed E-state index contributed by atoms with van der Waals surface area (Å²) in [5, 5.41) is 11.0. The Bertz CT molecular complexity index is 824. The van der Waals surface area contributed by atoms with Gasteiger partial charge in [-0.2, -0.15) is 10.2 Å². The standard InChI is InChI=1S/C20H22BrN3O3/c1-3-4-9-20(23-24-20)11-8-17(25)22-19(18(26)27-2)10-7-14-12-16(21)6-5-15(14)13-19/h1,5-6,12H,4,7-11,13H2,2H3,(H,22,25). The van der Waals surface area contributed by atoms with Crippen molar-refractivity contribution in [2.45, 2.75) is 56.1 Å². The van der Waals surface area contributed by atoms with Crippen LogP contribution in [0.4, 0.5) is 0 Å². The predicted molar refractivity (Wildman–Crippen MR) is 104 cm³/mol. The largest absolute Gasteiger partial charge is 0.467 e. The average molecular weight is 432 g/mol. The molecule has 1 heterocycles. The number of hydrogen-bond donors (Lipinski definition) is 1. The second kappa shape index (κ2) is 7.81. The molecule has 1 aliphatic carbocycles. The molecule has 7 heteroatoms. The summed E-state index contributed by atoms with van der Waals surface area (Å²) in [6.45, 7) is 0.